The van der Waals surface area contributed by atoms with E-state index in [1.807, 2.05) is 14.0 Å². The molecule has 1 aliphatic rings. The Hall–Kier alpha value is -1.66. The molecule has 146 valence electrons. The number of piperidine rings is 1. The highest BCUT2D eigenvalue weighted by atomic mass is 19.1. The number of nitrogens with one attached hydrogen (secondary N) is 1. The lowest BCUT2D eigenvalue weighted by Crippen LogP contribution is -2.48. The SMILES string of the molecule is CNCCC1CCN(C(C)C(=O)N(C)Cc2ccc(OC)c(F)c2)CC1. The highest BCUT2D eigenvalue weighted by Gasteiger charge is 2.28. The van der Waals surface area contributed by atoms with Gasteiger partial charge >= 0.3 is 0 Å². The van der Waals surface area contributed by atoms with Crippen LogP contribution in [0.5, 0.6) is 5.75 Å². The smallest absolute Gasteiger partial charge is 0.239 e. The molecule has 1 aliphatic heterocycles. The Kier molecular flexibility index (Phi) is 7.85. The number of likely N-dealkylation sites (tertiary alicyclic amines) is 1. The van der Waals surface area contributed by atoms with Gasteiger partial charge < -0.3 is 15.0 Å². The predicted molar refractivity (Wildman–Crippen MR) is 102 cm³/mol. The monoisotopic (exact) mass is 365 g/mol. The molecule has 1 unspecified atom stereocenters. The Labute approximate surface area is 156 Å². The van der Waals surface area contributed by atoms with Crippen LogP contribution in [0.25, 0.3) is 0 Å². The molecule has 0 aromatic heterocycles. The first-order valence-corrected chi connectivity index (χ1v) is 9.42. The van der Waals surface area contributed by atoms with Gasteiger partial charge in [-0.05, 0) is 76.5 Å². The molecule has 1 heterocycles. The van der Waals surface area contributed by atoms with Crippen LogP contribution >= 0.6 is 0 Å². The van der Waals surface area contributed by atoms with Crippen molar-refractivity contribution in [3.05, 3.63) is 29.6 Å². The van der Waals surface area contributed by atoms with E-state index >= 15 is 0 Å². The van der Waals surface area contributed by atoms with Crippen LogP contribution in [0.3, 0.4) is 0 Å². The van der Waals surface area contributed by atoms with Crippen molar-refractivity contribution in [2.45, 2.75) is 38.8 Å². The van der Waals surface area contributed by atoms with E-state index in [2.05, 4.69) is 10.2 Å². The highest BCUT2D eigenvalue weighted by Crippen LogP contribution is 2.23. The molecular weight excluding hydrogens is 333 g/mol. The van der Waals surface area contributed by atoms with Gasteiger partial charge in [0.2, 0.25) is 5.91 Å². The number of carbonyl (C=O) groups excluding carboxylic acids is 1. The molecule has 0 spiro atoms. The van der Waals surface area contributed by atoms with Gasteiger partial charge in [0.1, 0.15) is 0 Å². The molecule has 1 atom stereocenters. The van der Waals surface area contributed by atoms with E-state index in [0.29, 0.717) is 6.54 Å². The van der Waals surface area contributed by atoms with Gasteiger partial charge in [0, 0.05) is 13.6 Å². The first-order chi connectivity index (χ1) is 12.5. The lowest BCUT2D eigenvalue weighted by molar-refractivity contribution is -0.136. The lowest BCUT2D eigenvalue weighted by Gasteiger charge is -2.36. The van der Waals surface area contributed by atoms with Crippen LogP contribution < -0.4 is 10.1 Å². The number of methoxy groups -OCH3 is 1. The fourth-order valence-corrected chi connectivity index (χ4v) is 3.61. The number of amides is 1. The van der Waals surface area contributed by atoms with E-state index in [1.54, 1.807) is 24.1 Å². The van der Waals surface area contributed by atoms with Crippen molar-refractivity contribution >= 4 is 5.91 Å². The van der Waals surface area contributed by atoms with Crippen molar-refractivity contribution in [3.63, 3.8) is 0 Å². The van der Waals surface area contributed by atoms with Crippen molar-refractivity contribution in [3.8, 4) is 5.75 Å². The summed E-state index contributed by atoms with van der Waals surface area (Å²) < 4.78 is 18.8. The third-order valence-electron chi connectivity index (χ3n) is 5.37. The number of ether oxygens (including phenoxy) is 1. The van der Waals surface area contributed by atoms with Crippen LogP contribution in [0.15, 0.2) is 18.2 Å². The third-order valence-corrected chi connectivity index (χ3v) is 5.37. The average molecular weight is 365 g/mol. The molecule has 1 amide bonds. The number of halogens is 1. The molecule has 5 nitrogen and oxygen atoms in total. The van der Waals surface area contributed by atoms with Gasteiger partial charge in [0.05, 0.1) is 13.2 Å². The number of benzene rings is 1. The van der Waals surface area contributed by atoms with Gasteiger partial charge in [0.25, 0.3) is 0 Å². The minimum absolute atomic E-state index is 0.0786. The summed E-state index contributed by atoms with van der Waals surface area (Å²) in [6.07, 6.45) is 3.50. The second-order valence-corrected chi connectivity index (χ2v) is 7.21. The Morgan fingerprint density at radius 3 is 2.69 bits per heavy atom. The number of hydrogen-bond donors (Lipinski definition) is 1. The minimum atomic E-state index is -0.400. The maximum absolute atomic E-state index is 13.8. The molecule has 1 aromatic rings. The standard InChI is InChI=1S/C20H32FN3O2/c1-15(24-11-8-16(9-12-24)7-10-22-2)20(25)23(3)14-17-5-6-19(26-4)18(21)13-17/h5-6,13,15-16,22H,7-12,14H2,1-4H3. The summed E-state index contributed by atoms with van der Waals surface area (Å²) in [4.78, 5) is 16.7. The summed E-state index contributed by atoms with van der Waals surface area (Å²) in [6.45, 7) is 5.35. The van der Waals surface area contributed by atoms with Crippen molar-refractivity contribution < 1.29 is 13.9 Å². The second kappa shape index (κ2) is 9.88. The Bertz CT molecular complexity index is 588. The highest BCUT2D eigenvalue weighted by molar-refractivity contribution is 5.81. The van der Waals surface area contributed by atoms with Crippen LogP contribution in [-0.2, 0) is 11.3 Å². The van der Waals surface area contributed by atoms with Crippen LogP contribution in [0.2, 0.25) is 0 Å². The van der Waals surface area contributed by atoms with E-state index in [1.165, 1.54) is 19.6 Å². The summed E-state index contributed by atoms with van der Waals surface area (Å²) in [5, 5.41) is 3.21. The van der Waals surface area contributed by atoms with Gasteiger partial charge in [-0.2, -0.15) is 0 Å². The zero-order valence-corrected chi connectivity index (χ0v) is 16.4. The number of nitrogens with zero attached hydrogens (tertiary/aromatic N) is 2. The predicted octanol–water partition coefficient (Wildman–Crippen LogP) is 2.50. The van der Waals surface area contributed by atoms with Crippen molar-refractivity contribution in [2.75, 3.05) is 40.8 Å². The first-order valence-electron chi connectivity index (χ1n) is 9.42. The third kappa shape index (κ3) is 5.42. The molecule has 1 aromatic carbocycles. The topological polar surface area (TPSA) is 44.8 Å². The zero-order valence-electron chi connectivity index (χ0n) is 16.4. The summed E-state index contributed by atoms with van der Waals surface area (Å²) in [6, 6.07) is 4.68. The fourth-order valence-electron chi connectivity index (χ4n) is 3.61. The van der Waals surface area contributed by atoms with E-state index in [4.69, 9.17) is 4.74 Å². The largest absolute Gasteiger partial charge is 0.494 e. The Balaban J connectivity index is 1.86. The molecule has 0 bridgehead atoms. The van der Waals surface area contributed by atoms with Crippen LogP contribution in [0.1, 0.15) is 31.7 Å². The molecule has 1 N–H and O–H groups in total. The molecular formula is C20H32FN3O2. The normalized spacial score (nSPS) is 17.1. The molecule has 6 heteroatoms. The van der Waals surface area contributed by atoms with Crippen LogP contribution in [0, 0.1) is 11.7 Å². The molecule has 1 saturated heterocycles. The van der Waals surface area contributed by atoms with Crippen molar-refractivity contribution in [1.29, 1.82) is 0 Å². The zero-order chi connectivity index (χ0) is 19.1. The molecule has 1 fully saturated rings. The number of rotatable bonds is 8. The molecule has 0 aliphatic carbocycles. The lowest BCUT2D eigenvalue weighted by atomic mass is 9.92. The summed E-state index contributed by atoms with van der Waals surface area (Å²) in [7, 11) is 5.21. The summed E-state index contributed by atoms with van der Waals surface area (Å²) in [5.74, 6) is 0.649. The van der Waals surface area contributed by atoms with E-state index in [-0.39, 0.29) is 17.7 Å². The number of hydrogen-bond acceptors (Lipinski definition) is 4. The van der Waals surface area contributed by atoms with Crippen LogP contribution in [-0.4, -0.2) is 62.6 Å². The second-order valence-electron chi connectivity index (χ2n) is 7.21. The maximum Gasteiger partial charge on any atom is 0.239 e. The van der Waals surface area contributed by atoms with E-state index < -0.39 is 5.82 Å². The number of likely N-dealkylation sites (N-methyl/N-ethyl adjacent to an activating group) is 1. The van der Waals surface area contributed by atoms with Gasteiger partial charge in [-0.25, -0.2) is 4.39 Å². The molecule has 2 rings (SSSR count). The average Bonchev–Trinajstić information content (AvgIpc) is 2.65. The van der Waals surface area contributed by atoms with Gasteiger partial charge in [-0.1, -0.05) is 6.07 Å². The van der Waals surface area contributed by atoms with E-state index in [9.17, 15) is 9.18 Å². The molecule has 0 saturated carbocycles. The van der Waals surface area contributed by atoms with Crippen LogP contribution in [0.4, 0.5) is 4.39 Å². The first kappa shape index (κ1) is 20.6. The van der Waals surface area contributed by atoms with Crippen molar-refractivity contribution in [2.24, 2.45) is 5.92 Å². The van der Waals surface area contributed by atoms with E-state index in [0.717, 1.165) is 44.0 Å². The summed E-state index contributed by atoms with van der Waals surface area (Å²) >= 11 is 0. The molecule has 26 heavy (non-hydrogen) atoms. The fraction of sp³-hybridized carbons (Fsp3) is 0.650. The maximum atomic E-state index is 13.8. The minimum Gasteiger partial charge on any atom is -0.494 e. The number of carbonyl (C=O) groups is 1. The van der Waals surface area contributed by atoms with Gasteiger partial charge in [-0.15, -0.1) is 0 Å². The van der Waals surface area contributed by atoms with Gasteiger partial charge in [-0.3, -0.25) is 9.69 Å². The molecule has 0 radical (unpaired) electrons. The quantitative estimate of drug-likeness (QED) is 0.769. The Morgan fingerprint density at radius 2 is 2.12 bits per heavy atom. The summed E-state index contributed by atoms with van der Waals surface area (Å²) in [5.41, 5.74) is 0.761. The van der Waals surface area contributed by atoms with Crippen molar-refractivity contribution in [1.82, 2.24) is 15.1 Å². The Morgan fingerprint density at radius 1 is 1.42 bits per heavy atom. The van der Waals surface area contributed by atoms with Gasteiger partial charge in [0.15, 0.2) is 11.6 Å².